The molecule has 4 saturated heterocycles. The number of imidazole rings is 1. The number of halogens is 2. The van der Waals surface area contributed by atoms with Crippen molar-refractivity contribution in [1.82, 2.24) is 39.4 Å². The fourth-order valence-corrected chi connectivity index (χ4v) is 10.7. The zero-order valence-electron chi connectivity index (χ0n) is 43.3. The molecule has 0 spiro atoms. The second kappa shape index (κ2) is 25.3. The molecule has 74 heavy (non-hydrogen) atoms. The molecule has 0 radical (unpaired) electrons. The van der Waals surface area contributed by atoms with Gasteiger partial charge in [-0.15, -0.1) is 11.3 Å². The van der Waals surface area contributed by atoms with Gasteiger partial charge in [-0.2, -0.15) is 8.78 Å². The number of likely N-dealkylation sites (tertiary alicyclic amines) is 2. The van der Waals surface area contributed by atoms with Crippen LogP contribution in [0.25, 0.3) is 21.1 Å². The number of piperidine rings is 2. The van der Waals surface area contributed by atoms with Crippen LogP contribution in [0.15, 0.2) is 77.6 Å². The number of piperazine rings is 1. The summed E-state index contributed by atoms with van der Waals surface area (Å²) in [5.41, 5.74) is -1.33. The number of amides is 5. The first-order valence-electron chi connectivity index (χ1n) is 25.3. The van der Waals surface area contributed by atoms with Gasteiger partial charge in [-0.3, -0.25) is 52.8 Å². The zero-order valence-corrected chi connectivity index (χ0v) is 45.0. The lowest BCUT2D eigenvalue weighted by molar-refractivity contribution is -0.136. The van der Waals surface area contributed by atoms with E-state index in [0.717, 1.165) is 105 Å². The lowest BCUT2D eigenvalue weighted by Gasteiger charge is -2.37. The van der Waals surface area contributed by atoms with Crippen LogP contribution in [0.5, 0.6) is 0 Å². The van der Waals surface area contributed by atoms with Gasteiger partial charge in [0.05, 0.1) is 22.0 Å². The van der Waals surface area contributed by atoms with E-state index in [1.807, 2.05) is 35.2 Å². The minimum absolute atomic E-state index is 0.171. The Morgan fingerprint density at radius 1 is 0.865 bits per heavy atom. The molecule has 3 unspecified atom stereocenters. The van der Waals surface area contributed by atoms with Gasteiger partial charge in [-0.25, -0.2) is 4.79 Å². The number of fused-ring (bicyclic) bond motifs is 2. The van der Waals surface area contributed by atoms with Crippen LogP contribution in [-0.2, 0) is 43.0 Å². The van der Waals surface area contributed by atoms with Crippen LogP contribution >= 0.6 is 18.9 Å². The van der Waals surface area contributed by atoms with Crippen molar-refractivity contribution in [2.45, 2.75) is 103 Å². The molecule has 0 aliphatic carbocycles. The van der Waals surface area contributed by atoms with Crippen molar-refractivity contribution >= 4 is 70.1 Å². The maximum atomic E-state index is 13.9. The Hall–Kier alpha value is -5.63. The first-order valence-corrected chi connectivity index (χ1v) is 27.7. The summed E-state index contributed by atoms with van der Waals surface area (Å²) < 4.78 is 42.4. The number of rotatable bonds is 10. The molecule has 9 rings (SSSR count). The van der Waals surface area contributed by atoms with Gasteiger partial charge in [0, 0.05) is 63.0 Å². The van der Waals surface area contributed by atoms with Crippen LogP contribution in [0.4, 0.5) is 8.78 Å². The number of hydrogen-bond donors (Lipinski definition) is 4. The number of carbonyl (C=O) groups excluding carboxylic acids is 5. The highest BCUT2D eigenvalue weighted by Crippen LogP contribution is 2.59. The maximum Gasteiger partial charge on any atom is 0.399 e. The Morgan fingerprint density at radius 2 is 1.53 bits per heavy atom. The Balaban J connectivity index is 0.000000181. The number of thiophene rings is 1. The first kappa shape index (κ1) is 57.6. The van der Waals surface area contributed by atoms with E-state index in [1.165, 1.54) is 40.7 Å². The van der Waals surface area contributed by atoms with Crippen molar-refractivity contribution in [2.24, 2.45) is 18.9 Å². The molecule has 2 aromatic heterocycles. The number of benzene rings is 3. The molecule has 5 aromatic rings. The predicted octanol–water partition coefficient (Wildman–Crippen LogP) is 7.21. The van der Waals surface area contributed by atoms with E-state index in [-0.39, 0.29) is 34.2 Å². The Morgan fingerprint density at radius 3 is 2.15 bits per heavy atom. The molecule has 4 N–H and O–H groups in total. The lowest BCUT2D eigenvalue weighted by atomic mass is 9.99. The SMILES string of the molecule is CC(C)C.CC(NC(=O)c1cc2cc(C(F)(F)P(=O)(O)O)ccc2s1)C(=O)N1CCCC1.CC1CCN(Cc2ccc3c(c2)n(C)c(=O)n3C2CCC(=O)NC2=O)CC1.CN1CCN(C=O)CC1c1ccccc1. The second-order valence-electron chi connectivity index (χ2n) is 20.4. The van der Waals surface area contributed by atoms with Crippen molar-refractivity contribution in [2.75, 3.05) is 52.9 Å². The number of imide groups is 1. The van der Waals surface area contributed by atoms with Gasteiger partial charge in [-0.1, -0.05) is 70.2 Å². The molecule has 5 amide bonds. The molecule has 4 aliphatic rings. The van der Waals surface area contributed by atoms with E-state index in [2.05, 4.69) is 73.4 Å². The average Bonchev–Trinajstić information content (AvgIpc) is 4.12. The molecule has 6 heterocycles. The fraction of sp³-hybridized carbons (Fsp3) is 0.509. The molecule has 17 nitrogen and oxygen atoms in total. The van der Waals surface area contributed by atoms with E-state index in [4.69, 9.17) is 9.79 Å². The lowest BCUT2D eigenvalue weighted by Crippen LogP contribution is -2.45. The number of carbonyl (C=O) groups is 5. The van der Waals surface area contributed by atoms with Gasteiger partial charge in [0.25, 0.3) is 5.91 Å². The van der Waals surface area contributed by atoms with Crippen LogP contribution in [0.3, 0.4) is 0 Å². The van der Waals surface area contributed by atoms with Gasteiger partial charge < -0.3 is 24.9 Å². The molecule has 21 heteroatoms. The third-order valence-electron chi connectivity index (χ3n) is 13.6. The largest absolute Gasteiger partial charge is 0.399 e. The van der Waals surface area contributed by atoms with E-state index in [0.29, 0.717) is 30.3 Å². The number of hydrogen-bond acceptors (Lipinski definition) is 10. The third-order valence-corrected chi connectivity index (χ3v) is 15.7. The van der Waals surface area contributed by atoms with Gasteiger partial charge in [-0.05, 0) is 118 Å². The summed E-state index contributed by atoms with van der Waals surface area (Å²) in [6, 6.07) is 19.9. The predicted molar refractivity (Wildman–Crippen MR) is 283 cm³/mol. The summed E-state index contributed by atoms with van der Waals surface area (Å²) in [4.78, 5) is 98.2. The fourth-order valence-electron chi connectivity index (χ4n) is 9.29. The Bertz CT molecular complexity index is 2870. The van der Waals surface area contributed by atoms with Crippen LogP contribution < -0.4 is 16.3 Å². The van der Waals surface area contributed by atoms with Crippen molar-refractivity contribution in [3.8, 4) is 0 Å². The molecule has 402 valence electrons. The molecule has 0 bridgehead atoms. The summed E-state index contributed by atoms with van der Waals surface area (Å²) in [7, 11) is -1.83. The zero-order chi connectivity index (χ0) is 54.1. The summed E-state index contributed by atoms with van der Waals surface area (Å²) in [5, 5.41) is 5.22. The van der Waals surface area contributed by atoms with Gasteiger partial charge >= 0.3 is 18.9 Å². The standard InChI is InChI=1S/C20H26N4O3.C17H19F2N2O5PS.C12H16N2O.C4H10/c1-13-7-9-23(10-8-13)12-14-3-4-15-17(11-14)22(2)20(27)24(15)16-5-6-18(25)21-19(16)26;1-10(16(23)21-6-2-3-7-21)20-15(22)14-9-11-8-12(4-5-13(11)28-14)17(18,19)27(24,25)26;1-13-7-8-14(10-15)9-12(13)11-5-3-2-4-6-11;1-4(2)3/h3-4,11,13,16H,5-10,12H2,1-2H3,(H,21,25,26);4-5,8-10H,2-3,6-7H2,1H3,(H,20,22)(H2,24,25,26);2-6,10,12H,7-9H2,1H3;4H,1-3H3. The minimum Gasteiger partial charge on any atom is -0.342 e. The van der Waals surface area contributed by atoms with E-state index in [9.17, 15) is 42.1 Å². The molecular weight excluding hydrogens is 994 g/mol. The van der Waals surface area contributed by atoms with E-state index in [1.54, 1.807) is 23.4 Å². The van der Waals surface area contributed by atoms with Crippen molar-refractivity contribution in [3.63, 3.8) is 0 Å². The molecule has 4 fully saturated rings. The van der Waals surface area contributed by atoms with Crippen LogP contribution in [0, 0.1) is 11.8 Å². The van der Waals surface area contributed by atoms with Crippen LogP contribution in [0.2, 0.25) is 0 Å². The summed E-state index contributed by atoms with van der Waals surface area (Å²) in [6.45, 7) is 17.4. The Labute approximate surface area is 435 Å². The Kier molecular flexibility index (Phi) is 19.7. The first-order chi connectivity index (χ1) is 35.0. The molecule has 3 atom stereocenters. The normalized spacial score (nSPS) is 19.5. The highest BCUT2D eigenvalue weighted by atomic mass is 32.1. The smallest absolute Gasteiger partial charge is 0.342 e. The summed E-state index contributed by atoms with van der Waals surface area (Å²) in [5.74, 6) is 0.280. The highest BCUT2D eigenvalue weighted by molar-refractivity contribution is 7.52. The summed E-state index contributed by atoms with van der Waals surface area (Å²) in [6.07, 6.45) is 5.89. The molecular formula is C53H71F2N8O9PS. The highest BCUT2D eigenvalue weighted by Gasteiger charge is 2.50. The maximum absolute atomic E-state index is 13.9. The van der Waals surface area contributed by atoms with E-state index >= 15 is 0 Å². The number of nitrogens with zero attached hydrogens (tertiary/aromatic N) is 6. The molecule has 3 aromatic carbocycles. The quantitative estimate of drug-likeness (QED) is 0.0625. The molecule has 4 aliphatic heterocycles. The van der Waals surface area contributed by atoms with E-state index < -0.39 is 42.7 Å². The monoisotopic (exact) mass is 1060 g/mol. The van der Waals surface area contributed by atoms with Gasteiger partial charge in [0.15, 0.2) is 0 Å². The van der Waals surface area contributed by atoms with Crippen molar-refractivity contribution < 1.29 is 47.1 Å². The van der Waals surface area contributed by atoms with Gasteiger partial charge in [0.2, 0.25) is 24.1 Å². The number of likely N-dealkylation sites (N-methyl/N-ethyl adjacent to an activating group) is 1. The summed E-state index contributed by atoms with van der Waals surface area (Å²) >= 11 is 1.04. The van der Waals surface area contributed by atoms with Crippen LogP contribution in [0.1, 0.15) is 112 Å². The number of alkyl halides is 2. The average molecular weight is 1070 g/mol. The van der Waals surface area contributed by atoms with Crippen molar-refractivity contribution in [1.29, 1.82) is 0 Å². The number of aryl methyl sites for hydroxylation is 1. The number of aromatic nitrogens is 2. The second-order valence-corrected chi connectivity index (χ2v) is 23.1. The third kappa shape index (κ3) is 14.4. The van der Waals surface area contributed by atoms with Crippen molar-refractivity contribution in [3.05, 3.63) is 105 Å². The van der Waals surface area contributed by atoms with Gasteiger partial charge in [0.1, 0.15) is 12.1 Å². The minimum atomic E-state index is -5.67. The molecule has 0 saturated carbocycles. The van der Waals surface area contributed by atoms with Crippen LogP contribution in [-0.4, -0.2) is 127 Å². The topological polar surface area (TPSA) is 207 Å². The number of nitrogens with one attached hydrogen (secondary N) is 2.